The predicted octanol–water partition coefficient (Wildman–Crippen LogP) is 7.23. The smallest absolute Gasteiger partial charge is 0.249 e. The van der Waals surface area contributed by atoms with Crippen LogP contribution in [-0.4, -0.2) is 21.5 Å². The Morgan fingerprint density at radius 2 is 1.14 bits per heavy atom. The van der Waals surface area contributed by atoms with E-state index in [9.17, 15) is 9.59 Å². The lowest BCUT2D eigenvalue weighted by molar-refractivity contribution is -0.757. The summed E-state index contributed by atoms with van der Waals surface area (Å²) in [6.07, 6.45) is 19.8. The van der Waals surface area contributed by atoms with Gasteiger partial charge in [-0.3, -0.25) is 9.59 Å². The highest BCUT2D eigenvalue weighted by Crippen LogP contribution is 2.25. The number of aryl methyl sites for hydroxylation is 2. The quantitative estimate of drug-likeness (QED) is 0.143. The molecular weight excluding hydrogens is 434 g/mol. The molecule has 35 heavy (non-hydrogen) atoms. The Hall–Kier alpha value is -2.30. The molecule has 0 saturated carbocycles. The third-order valence-corrected chi connectivity index (χ3v) is 7.25. The van der Waals surface area contributed by atoms with Crippen molar-refractivity contribution in [1.29, 1.82) is 0 Å². The monoisotopic (exact) mass is 480 g/mol. The van der Waals surface area contributed by atoms with Crippen molar-refractivity contribution in [2.45, 2.75) is 130 Å². The lowest BCUT2D eigenvalue weighted by Crippen LogP contribution is -2.43. The molecule has 3 rings (SSSR count). The van der Waals surface area contributed by atoms with Crippen LogP contribution in [0.2, 0.25) is 0 Å². The van der Waals surface area contributed by atoms with Gasteiger partial charge in [0.15, 0.2) is 0 Å². The summed E-state index contributed by atoms with van der Waals surface area (Å²) in [4.78, 5) is 26.8. The van der Waals surface area contributed by atoms with Crippen LogP contribution in [0.5, 0.6) is 0 Å². The highest BCUT2D eigenvalue weighted by atomic mass is 16.1. The van der Waals surface area contributed by atoms with Crippen LogP contribution in [0.4, 0.5) is 0 Å². The Morgan fingerprint density at radius 1 is 0.657 bits per heavy atom. The van der Waals surface area contributed by atoms with Crippen molar-refractivity contribution < 1.29 is 14.3 Å². The molecule has 2 aromatic rings. The summed E-state index contributed by atoms with van der Waals surface area (Å²) in [5.41, 5.74) is 2.02. The normalized spacial score (nSPS) is 12.7. The van der Waals surface area contributed by atoms with Gasteiger partial charge >= 0.3 is 0 Å². The first kappa shape index (κ1) is 27.3. The first-order chi connectivity index (χ1) is 17.2. The average Bonchev–Trinajstić information content (AvgIpc) is 3.24. The van der Waals surface area contributed by atoms with Gasteiger partial charge in [-0.1, -0.05) is 115 Å². The van der Waals surface area contributed by atoms with Crippen LogP contribution in [0.25, 0.3) is 0 Å². The largest absolute Gasteiger partial charge is 0.284 e. The van der Waals surface area contributed by atoms with E-state index in [-0.39, 0.29) is 11.6 Å². The van der Waals surface area contributed by atoms with Gasteiger partial charge in [-0.05, 0) is 25.7 Å². The Labute approximate surface area is 212 Å². The second-order valence-corrected chi connectivity index (χ2v) is 10.2. The zero-order chi connectivity index (χ0) is 24.9. The number of carbonyl (C=O) groups is 2. The van der Waals surface area contributed by atoms with E-state index in [2.05, 4.69) is 13.8 Å². The molecule has 5 heteroatoms. The molecule has 0 aliphatic heterocycles. The van der Waals surface area contributed by atoms with Gasteiger partial charge < -0.3 is 0 Å². The fraction of sp³-hybridized carbons (Fsp3) is 0.667. The molecule has 0 N–H and O–H groups in total. The van der Waals surface area contributed by atoms with Gasteiger partial charge in [-0.2, -0.15) is 0 Å². The molecule has 192 valence electrons. The number of rotatable bonds is 18. The van der Waals surface area contributed by atoms with E-state index in [1.807, 2.05) is 21.5 Å². The standard InChI is InChI=1S/C30H46N3O2/c1-3-5-7-9-11-12-13-14-16-20-24-33-28-27(32(31-33)23-19-15-10-8-6-4-2)29(34)25-21-17-18-22-26(25)30(28)35/h17-18,21-22H,3-16,19-20,23-24H2,1-2H3/q+1. The zero-order valence-electron chi connectivity index (χ0n) is 22.2. The number of hydrogen-bond acceptors (Lipinski definition) is 3. The molecule has 0 spiro atoms. The van der Waals surface area contributed by atoms with Gasteiger partial charge in [0.05, 0.1) is 5.21 Å². The number of benzene rings is 1. The van der Waals surface area contributed by atoms with E-state index in [0.717, 1.165) is 25.7 Å². The highest BCUT2D eigenvalue weighted by molar-refractivity contribution is 6.26. The highest BCUT2D eigenvalue weighted by Gasteiger charge is 2.42. The van der Waals surface area contributed by atoms with Crippen LogP contribution >= 0.6 is 0 Å². The molecule has 0 saturated heterocycles. The molecule has 1 aliphatic rings. The van der Waals surface area contributed by atoms with Crippen molar-refractivity contribution in [3.63, 3.8) is 0 Å². The number of carbonyl (C=O) groups excluding carboxylic acids is 2. The van der Waals surface area contributed by atoms with Gasteiger partial charge in [0.25, 0.3) is 0 Å². The molecule has 0 bridgehead atoms. The van der Waals surface area contributed by atoms with Crippen molar-refractivity contribution in [2.24, 2.45) is 0 Å². The molecule has 1 aromatic heterocycles. The molecule has 0 fully saturated rings. The minimum absolute atomic E-state index is 0.0588. The van der Waals surface area contributed by atoms with Gasteiger partial charge in [0, 0.05) is 11.1 Å². The maximum Gasteiger partial charge on any atom is 0.249 e. The Kier molecular flexibility index (Phi) is 11.7. The van der Waals surface area contributed by atoms with Crippen LogP contribution in [0.1, 0.15) is 149 Å². The summed E-state index contributed by atoms with van der Waals surface area (Å²) in [6, 6.07) is 7.21. The Balaban J connectivity index is 1.59. The first-order valence-electron chi connectivity index (χ1n) is 14.4. The summed E-state index contributed by atoms with van der Waals surface area (Å²) in [6.45, 7) is 5.88. The number of unbranched alkanes of at least 4 members (excludes halogenated alkanes) is 14. The van der Waals surface area contributed by atoms with Gasteiger partial charge in [-0.15, -0.1) is 9.36 Å². The second-order valence-electron chi connectivity index (χ2n) is 10.2. The van der Waals surface area contributed by atoms with Gasteiger partial charge in [0.1, 0.15) is 13.1 Å². The lowest BCUT2D eigenvalue weighted by atomic mass is 9.90. The van der Waals surface area contributed by atoms with Crippen molar-refractivity contribution in [1.82, 2.24) is 9.90 Å². The summed E-state index contributed by atoms with van der Waals surface area (Å²) in [7, 11) is 0. The van der Waals surface area contributed by atoms with E-state index in [4.69, 9.17) is 5.21 Å². The SMILES string of the molecule is CCCCCCCCCCCC[n+]1nn(CCCCCCCC)c2c1C(=O)c1ccccc1C2=O. The van der Waals surface area contributed by atoms with E-state index in [1.165, 1.54) is 77.0 Å². The van der Waals surface area contributed by atoms with Crippen molar-refractivity contribution in [3.8, 4) is 0 Å². The maximum absolute atomic E-state index is 13.4. The number of aromatic nitrogens is 3. The first-order valence-corrected chi connectivity index (χ1v) is 14.4. The predicted molar refractivity (Wildman–Crippen MR) is 141 cm³/mol. The van der Waals surface area contributed by atoms with Crippen molar-refractivity contribution in [2.75, 3.05) is 0 Å². The number of nitrogens with zero attached hydrogens (tertiary/aromatic N) is 3. The minimum atomic E-state index is -0.0597. The van der Waals surface area contributed by atoms with Crippen LogP contribution in [0, 0.1) is 0 Å². The third-order valence-electron chi connectivity index (χ3n) is 7.25. The topological polar surface area (TPSA) is 55.8 Å². The summed E-state index contributed by atoms with van der Waals surface area (Å²) < 4.78 is 3.65. The average molecular weight is 481 g/mol. The molecule has 0 radical (unpaired) electrons. The molecule has 1 aliphatic carbocycles. The summed E-state index contributed by atoms with van der Waals surface area (Å²) >= 11 is 0. The molecule has 0 unspecified atom stereocenters. The minimum Gasteiger partial charge on any atom is -0.284 e. The van der Waals surface area contributed by atoms with E-state index < -0.39 is 0 Å². The van der Waals surface area contributed by atoms with Crippen molar-refractivity contribution >= 4 is 11.6 Å². The van der Waals surface area contributed by atoms with E-state index in [0.29, 0.717) is 35.6 Å². The van der Waals surface area contributed by atoms with Crippen LogP contribution in [-0.2, 0) is 13.1 Å². The number of ketones is 2. The summed E-state index contributed by atoms with van der Waals surface area (Å²) in [5, 5.41) is 4.78. The fourth-order valence-corrected chi connectivity index (χ4v) is 5.15. The van der Waals surface area contributed by atoms with Gasteiger partial charge in [-0.25, -0.2) is 0 Å². The Morgan fingerprint density at radius 3 is 1.71 bits per heavy atom. The zero-order valence-corrected chi connectivity index (χ0v) is 22.2. The number of fused-ring (bicyclic) bond motifs is 2. The van der Waals surface area contributed by atoms with Crippen LogP contribution < -0.4 is 4.68 Å². The molecular formula is C30H46N3O2+. The second kappa shape index (κ2) is 15.0. The number of hydrogen-bond donors (Lipinski definition) is 0. The fourth-order valence-electron chi connectivity index (χ4n) is 5.15. The van der Waals surface area contributed by atoms with E-state index >= 15 is 0 Å². The lowest BCUT2D eigenvalue weighted by Gasteiger charge is -2.11. The Bertz CT molecular complexity index is 947. The molecule has 5 nitrogen and oxygen atoms in total. The molecule has 0 atom stereocenters. The van der Waals surface area contributed by atoms with E-state index in [1.54, 1.807) is 12.1 Å². The van der Waals surface area contributed by atoms with Gasteiger partial charge in [0.2, 0.25) is 23.0 Å². The molecule has 1 heterocycles. The van der Waals surface area contributed by atoms with Crippen LogP contribution in [0.3, 0.4) is 0 Å². The maximum atomic E-state index is 13.4. The molecule has 1 aromatic carbocycles. The third kappa shape index (κ3) is 7.59. The molecule has 0 amide bonds. The van der Waals surface area contributed by atoms with Crippen LogP contribution in [0.15, 0.2) is 24.3 Å². The summed E-state index contributed by atoms with van der Waals surface area (Å²) in [5.74, 6) is -0.119. The van der Waals surface area contributed by atoms with Crippen molar-refractivity contribution in [3.05, 3.63) is 46.8 Å².